The molecule has 1 saturated heterocycles. The first-order valence-corrected chi connectivity index (χ1v) is 11.5. The van der Waals surface area contributed by atoms with E-state index in [9.17, 15) is 9.59 Å². The number of aromatic nitrogens is 2. The van der Waals surface area contributed by atoms with Gasteiger partial charge in [-0.2, -0.15) is 0 Å². The maximum absolute atomic E-state index is 13.1. The van der Waals surface area contributed by atoms with Crippen molar-refractivity contribution in [3.8, 4) is 5.75 Å². The van der Waals surface area contributed by atoms with Gasteiger partial charge in [0, 0.05) is 48.9 Å². The van der Waals surface area contributed by atoms with E-state index in [0.29, 0.717) is 42.6 Å². The molecule has 9 nitrogen and oxygen atoms in total. The highest BCUT2D eigenvalue weighted by Gasteiger charge is 2.28. The Morgan fingerprint density at radius 1 is 1.23 bits per heavy atom. The third-order valence-corrected chi connectivity index (χ3v) is 5.74. The number of anilines is 2. The molecule has 1 aromatic heterocycles. The fourth-order valence-electron chi connectivity index (χ4n) is 3.94. The topological polar surface area (TPSA) is 99.7 Å². The van der Waals surface area contributed by atoms with Crippen LogP contribution in [0.5, 0.6) is 5.75 Å². The molecule has 0 saturated carbocycles. The van der Waals surface area contributed by atoms with E-state index in [1.165, 1.54) is 13.2 Å². The van der Waals surface area contributed by atoms with E-state index >= 15 is 0 Å². The number of para-hydroxylation sites is 1. The molecule has 4 rings (SSSR count). The zero-order valence-electron chi connectivity index (χ0n) is 20.2. The fraction of sp³-hybridized carbons (Fsp3) is 0.308. The normalized spacial score (nSPS) is 15.7. The van der Waals surface area contributed by atoms with Crippen LogP contribution in [0.3, 0.4) is 0 Å². The molecule has 1 aliphatic rings. The lowest BCUT2D eigenvalue weighted by Gasteiger charge is -2.18. The molecule has 0 radical (unpaired) electrons. The molecule has 0 aliphatic carbocycles. The van der Waals surface area contributed by atoms with E-state index in [0.717, 1.165) is 17.3 Å². The van der Waals surface area contributed by atoms with Crippen molar-refractivity contribution in [1.82, 2.24) is 19.8 Å². The van der Waals surface area contributed by atoms with Crippen LogP contribution in [0, 0.1) is 0 Å². The van der Waals surface area contributed by atoms with Crippen molar-refractivity contribution >= 4 is 34.4 Å². The molecule has 1 aliphatic heterocycles. The molecular weight excluding hydrogens is 444 g/mol. The summed E-state index contributed by atoms with van der Waals surface area (Å²) in [7, 11) is 5.37. The molecule has 2 heterocycles. The summed E-state index contributed by atoms with van der Waals surface area (Å²) in [6.45, 7) is 1.84. The minimum Gasteiger partial charge on any atom is -0.495 e. The highest BCUT2D eigenvalue weighted by Crippen LogP contribution is 2.27. The largest absolute Gasteiger partial charge is 0.495 e. The van der Waals surface area contributed by atoms with Crippen LogP contribution in [-0.4, -0.2) is 78.5 Å². The molecule has 0 unspecified atom stereocenters. The summed E-state index contributed by atoms with van der Waals surface area (Å²) >= 11 is 0. The second kappa shape index (κ2) is 11.0. The number of nitrogens with one attached hydrogen (secondary N) is 2. The number of ether oxygens (including phenoxy) is 1. The number of hydrogen-bond donors (Lipinski definition) is 2. The van der Waals surface area contributed by atoms with Gasteiger partial charge in [0.2, 0.25) is 11.9 Å². The van der Waals surface area contributed by atoms with Crippen LogP contribution in [0.15, 0.2) is 60.8 Å². The highest BCUT2D eigenvalue weighted by molar-refractivity contribution is 6.01. The average Bonchev–Trinajstić information content (AvgIpc) is 3.32. The predicted octanol–water partition coefficient (Wildman–Crippen LogP) is 3.02. The van der Waals surface area contributed by atoms with Gasteiger partial charge in [0.1, 0.15) is 5.75 Å². The number of nitrogens with zero attached hydrogens (tertiary/aromatic N) is 4. The van der Waals surface area contributed by atoms with Gasteiger partial charge in [-0.15, -0.1) is 0 Å². The first-order chi connectivity index (χ1) is 16.9. The van der Waals surface area contributed by atoms with Crippen LogP contribution in [-0.2, 0) is 4.79 Å². The summed E-state index contributed by atoms with van der Waals surface area (Å²) in [6.07, 6.45) is 5.86. The Hall–Kier alpha value is -3.98. The molecule has 0 bridgehead atoms. The van der Waals surface area contributed by atoms with Crippen molar-refractivity contribution < 1.29 is 14.3 Å². The van der Waals surface area contributed by atoms with E-state index in [-0.39, 0.29) is 17.9 Å². The summed E-state index contributed by atoms with van der Waals surface area (Å²) in [5, 5.41) is 7.13. The maximum Gasteiger partial charge on any atom is 0.254 e. The Kier molecular flexibility index (Phi) is 7.57. The number of hydrogen-bond acceptors (Lipinski definition) is 7. The zero-order chi connectivity index (χ0) is 24.8. The van der Waals surface area contributed by atoms with Gasteiger partial charge in [0.15, 0.2) is 0 Å². The molecule has 2 amide bonds. The van der Waals surface area contributed by atoms with Crippen molar-refractivity contribution in [3.63, 3.8) is 0 Å². The van der Waals surface area contributed by atoms with Crippen molar-refractivity contribution in [3.05, 3.63) is 66.4 Å². The number of fused-ring (bicyclic) bond motifs is 1. The zero-order valence-corrected chi connectivity index (χ0v) is 20.2. The highest BCUT2D eigenvalue weighted by atomic mass is 16.5. The second-order valence-corrected chi connectivity index (χ2v) is 8.70. The van der Waals surface area contributed by atoms with Crippen LogP contribution in [0.1, 0.15) is 16.8 Å². The van der Waals surface area contributed by atoms with Gasteiger partial charge < -0.3 is 25.2 Å². The summed E-state index contributed by atoms with van der Waals surface area (Å²) in [6, 6.07) is 13.0. The molecule has 35 heavy (non-hydrogen) atoms. The third kappa shape index (κ3) is 6.13. The molecule has 1 fully saturated rings. The van der Waals surface area contributed by atoms with Gasteiger partial charge in [-0.1, -0.05) is 24.3 Å². The minimum absolute atomic E-state index is 0.0644. The van der Waals surface area contributed by atoms with Gasteiger partial charge in [-0.3, -0.25) is 9.59 Å². The Morgan fingerprint density at radius 3 is 2.86 bits per heavy atom. The van der Waals surface area contributed by atoms with Crippen molar-refractivity contribution in [2.75, 3.05) is 51.5 Å². The van der Waals surface area contributed by atoms with E-state index in [4.69, 9.17) is 4.74 Å². The molecule has 9 heteroatoms. The van der Waals surface area contributed by atoms with Gasteiger partial charge in [-0.05, 0) is 44.8 Å². The van der Waals surface area contributed by atoms with Gasteiger partial charge in [0.25, 0.3) is 5.91 Å². The minimum atomic E-state index is -0.256. The number of likely N-dealkylation sites (N-methyl/N-ethyl adjacent to an activating group) is 1. The molecular formula is C26H30N6O3. The first-order valence-electron chi connectivity index (χ1n) is 11.5. The number of carbonyl (C=O) groups is 2. The molecule has 2 aromatic carbocycles. The Labute approximate surface area is 204 Å². The third-order valence-electron chi connectivity index (χ3n) is 5.74. The molecule has 182 valence electrons. The summed E-state index contributed by atoms with van der Waals surface area (Å²) in [4.78, 5) is 38.0. The SMILES string of the molecule is COc1cc(C(=O)N2CC[C@H](Nc3ncc4ccccc4n3)C2)ccc1NC(=O)/C=C/CN(C)C. The van der Waals surface area contributed by atoms with E-state index in [1.807, 2.05) is 43.3 Å². The lowest BCUT2D eigenvalue weighted by atomic mass is 10.1. The summed E-state index contributed by atoms with van der Waals surface area (Å²) < 4.78 is 5.43. The number of methoxy groups -OCH3 is 1. The van der Waals surface area contributed by atoms with Crippen LogP contribution in [0.25, 0.3) is 10.9 Å². The Morgan fingerprint density at radius 2 is 2.06 bits per heavy atom. The lowest BCUT2D eigenvalue weighted by Crippen LogP contribution is -2.31. The van der Waals surface area contributed by atoms with Gasteiger partial charge in [0.05, 0.1) is 18.3 Å². The van der Waals surface area contributed by atoms with E-state index < -0.39 is 0 Å². The number of benzene rings is 2. The van der Waals surface area contributed by atoms with Gasteiger partial charge in [-0.25, -0.2) is 9.97 Å². The average molecular weight is 475 g/mol. The number of rotatable bonds is 8. The van der Waals surface area contributed by atoms with Crippen molar-refractivity contribution in [2.24, 2.45) is 0 Å². The Balaban J connectivity index is 1.38. The standard InChI is InChI=1S/C26H30N6O3/c1-31(2)13-6-9-24(33)29-22-11-10-18(15-23(22)35-3)25(34)32-14-12-20(17-32)28-26-27-16-19-7-4-5-8-21(19)30-26/h4-11,15-16,20H,12-14,17H2,1-3H3,(H,29,33)(H,27,28,30)/b9-6+/t20-/m0/s1. The van der Waals surface area contributed by atoms with E-state index in [1.54, 1.807) is 35.4 Å². The monoisotopic (exact) mass is 474 g/mol. The molecule has 2 N–H and O–H groups in total. The lowest BCUT2D eigenvalue weighted by molar-refractivity contribution is -0.111. The number of amides is 2. The fourth-order valence-corrected chi connectivity index (χ4v) is 3.94. The van der Waals surface area contributed by atoms with Crippen LogP contribution in [0.2, 0.25) is 0 Å². The summed E-state index contributed by atoms with van der Waals surface area (Å²) in [5.74, 6) is 0.650. The quantitative estimate of drug-likeness (QED) is 0.484. The molecule has 1 atom stereocenters. The Bertz CT molecular complexity index is 1240. The molecule has 3 aromatic rings. The second-order valence-electron chi connectivity index (χ2n) is 8.70. The number of carbonyl (C=O) groups excluding carboxylic acids is 2. The van der Waals surface area contributed by atoms with Gasteiger partial charge >= 0.3 is 0 Å². The molecule has 0 spiro atoms. The number of likely N-dealkylation sites (tertiary alicyclic amines) is 1. The van der Waals surface area contributed by atoms with Crippen molar-refractivity contribution in [1.29, 1.82) is 0 Å². The first kappa shape index (κ1) is 24.2. The predicted molar refractivity (Wildman–Crippen MR) is 137 cm³/mol. The van der Waals surface area contributed by atoms with Crippen LogP contribution in [0.4, 0.5) is 11.6 Å². The van der Waals surface area contributed by atoms with Crippen LogP contribution < -0.4 is 15.4 Å². The maximum atomic E-state index is 13.1. The van der Waals surface area contributed by atoms with Crippen molar-refractivity contribution in [2.45, 2.75) is 12.5 Å². The van der Waals surface area contributed by atoms with E-state index in [2.05, 4.69) is 20.6 Å². The van der Waals surface area contributed by atoms with Crippen LogP contribution >= 0.6 is 0 Å². The summed E-state index contributed by atoms with van der Waals surface area (Å²) in [5.41, 5.74) is 1.90. The smallest absolute Gasteiger partial charge is 0.254 e.